The molecule has 0 aliphatic carbocycles. The van der Waals surface area contributed by atoms with Crippen molar-refractivity contribution in [3.05, 3.63) is 52.8 Å². The molecule has 2 aromatic rings. The van der Waals surface area contributed by atoms with Gasteiger partial charge in [-0.15, -0.1) is 0 Å². The fourth-order valence-corrected chi connectivity index (χ4v) is 4.58. The van der Waals surface area contributed by atoms with Crippen LogP contribution in [0.15, 0.2) is 40.5 Å². The summed E-state index contributed by atoms with van der Waals surface area (Å²) in [6.45, 7) is 2.20. The lowest BCUT2D eigenvalue weighted by atomic mass is 10.1. The van der Waals surface area contributed by atoms with E-state index in [2.05, 4.69) is 15.5 Å². The molecule has 2 heterocycles. The molecule has 10 heteroatoms. The summed E-state index contributed by atoms with van der Waals surface area (Å²) in [5.74, 6) is -0.746. The lowest BCUT2D eigenvalue weighted by molar-refractivity contribution is 0.0955. The number of nitrogens with one attached hydrogen (secondary N) is 1. The number of amides is 1. The van der Waals surface area contributed by atoms with E-state index in [-0.39, 0.29) is 28.4 Å². The number of nitrogens with zero attached hydrogens (tertiary/aromatic N) is 3. The molecule has 0 saturated carbocycles. The molecule has 1 aliphatic rings. The van der Waals surface area contributed by atoms with E-state index in [0.29, 0.717) is 24.3 Å². The molecule has 3 N–H and O–H groups in total. The van der Waals surface area contributed by atoms with Gasteiger partial charge in [-0.3, -0.25) is 9.78 Å². The van der Waals surface area contributed by atoms with E-state index in [1.165, 1.54) is 41.0 Å². The number of hydrogen-bond acceptors (Lipinski definition) is 7. The van der Waals surface area contributed by atoms with Crippen LogP contribution < -0.4 is 5.43 Å². The second-order valence-electron chi connectivity index (χ2n) is 6.63. The van der Waals surface area contributed by atoms with Gasteiger partial charge >= 0.3 is 0 Å². The zero-order valence-electron chi connectivity index (χ0n) is 15.9. The van der Waals surface area contributed by atoms with Crippen LogP contribution in [0.1, 0.15) is 40.0 Å². The van der Waals surface area contributed by atoms with Gasteiger partial charge in [-0.1, -0.05) is 6.07 Å². The van der Waals surface area contributed by atoms with Crippen molar-refractivity contribution in [2.24, 2.45) is 5.10 Å². The second-order valence-corrected chi connectivity index (χ2v) is 8.57. The van der Waals surface area contributed by atoms with Crippen molar-refractivity contribution in [1.82, 2.24) is 14.7 Å². The maximum Gasteiger partial charge on any atom is 0.271 e. The van der Waals surface area contributed by atoms with Crippen LogP contribution in [0.3, 0.4) is 0 Å². The van der Waals surface area contributed by atoms with Crippen LogP contribution in [0, 0.1) is 6.92 Å². The zero-order valence-corrected chi connectivity index (χ0v) is 16.7. The van der Waals surface area contributed by atoms with E-state index >= 15 is 0 Å². The molecule has 1 aromatic heterocycles. The average molecular weight is 418 g/mol. The number of aromatic nitrogens is 1. The van der Waals surface area contributed by atoms with Crippen LogP contribution in [0.4, 0.5) is 0 Å². The molecular weight excluding hydrogens is 396 g/mol. The van der Waals surface area contributed by atoms with Gasteiger partial charge in [-0.2, -0.15) is 9.41 Å². The Hall–Kier alpha value is -2.82. The molecule has 9 nitrogen and oxygen atoms in total. The molecule has 1 fully saturated rings. The van der Waals surface area contributed by atoms with Crippen molar-refractivity contribution >= 4 is 22.1 Å². The van der Waals surface area contributed by atoms with Gasteiger partial charge < -0.3 is 10.2 Å². The number of pyridine rings is 1. The third kappa shape index (κ3) is 4.44. The Bertz CT molecular complexity index is 1050. The SMILES string of the molecule is Cc1ncc(CO)c(/C=N/NC(=O)c2cccc(S(=O)(=O)N3CCCC3)c2)c1O. The topological polar surface area (TPSA) is 132 Å². The highest BCUT2D eigenvalue weighted by molar-refractivity contribution is 7.89. The smallest absolute Gasteiger partial charge is 0.271 e. The number of aryl methyl sites for hydroxylation is 1. The number of rotatable bonds is 6. The first kappa shape index (κ1) is 20.9. The Balaban J connectivity index is 1.77. The van der Waals surface area contributed by atoms with Crippen LogP contribution in [0.2, 0.25) is 0 Å². The van der Waals surface area contributed by atoms with Crippen LogP contribution in [-0.2, 0) is 16.6 Å². The zero-order chi connectivity index (χ0) is 21.0. The molecule has 1 aliphatic heterocycles. The Morgan fingerprint density at radius 2 is 2.07 bits per heavy atom. The normalized spacial score (nSPS) is 15.1. The molecule has 0 unspecified atom stereocenters. The first-order valence-electron chi connectivity index (χ1n) is 9.06. The third-order valence-corrected chi connectivity index (χ3v) is 6.58. The number of benzene rings is 1. The predicted octanol–water partition coefficient (Wildman–Crippen LogP) is 1.14. The van der Waals surface area contributed by atoms with Gasteiger partial charge in [0, 0.05) is 36.0 Å². The number of aliphatic hydroxyl groups is 1. The van der Waals surface area contributed by atoms with Crippen molar-refractivity contribution in [2.45, 2.75) is 31.3 Å². The van der Waals surface area contributed by atoms with Crippen LogP contribution in [-0.4, -0.2) is 53.1 Å². The molecule has 29 heavy (non-hydrogen) atoms. The van der Waals surface area contributed by atoms with Crippen molar-refractivity contribution in [3.63, 3.8) is 0 Å². The van der Waals surface area contributed by atoms with E-state index in [9.17, 15) is 23.4 Å². The van der Waals surface area contributed by atoms with Crippen molar-refractivity contribution in [1.29, 1.82) is 0 Å². The molecule has 1 saturated heterocycles. The first-order valence-corrected chi connectivity index (χ1v) is 10.5. The Labute approximate surface area is 168 Å². The van der Waals surface area contributed by atoms with Crippen LogP contribution >= 0.6 is 0 Å². The van der Waals surface area contributed by atoms with E-state index in [1.54, 1.807) is 6.92 Å². The summed E-state index contributed by atoms with van der Waals surface area (Å²) in [6.07, 6.45) is 4.26. The minimum Gasteiger partial charge on any atom is -0.505 e. The summed E-state index contributed by atoms with van der Waals surface area (Å²) in [7, 11) is -3.63. The minimum atomic E-state index is -3.63. The fourth-order valence-electron chi connectivity index (χ4n) is 3.02. The number of carbonyl (C=O) groups is 1. The molecule has 0 spiro atoms. The monoisotopic (exact) mass is 418 g/mol. The summed E-state index contributed by atoms with van der Waals surface area (Å²) in [5.41, 5.74) is 3.39. The number of carbonyl (C=O) groups excluding carboxylic acids is 1. The summed E-state index contributed by atoms with van der Waals surface area (Å²) >= 11 is 0. The van der Waals surface area contributed by atoms with Gasteiger partial charge in [0.05, 0.1) is 23.4 Å². The number of aromatic hydroxyl groups is 1. The minimum absolute atomic E-state index is 0.0565. The van der Waals surface area contributed by atoms with Gasteiger partial charge in [-0.05, 0) is 38.0 Å². The molecule has 154 valence electrons. The van der Waals surface area contributed by atoms with Gasteiger partial charge in [-0.25, -0.2) is 13.8 Å². The molecular formula is C19H22N4O5S. The fraction of sp³-hybridized carbons (Fsp3) is 0.316. The maximum atomic E-state index is 12.7. The quantitative estimate of drug-likeness (QED) is 0.476. The Morgan fingerprint density at radius 3 is 2.76 bits per heavy atom. The third-order valence-electron chi connectivity index (χ3n) is 4.69. The second kappa shape index (κ2) is 8.68. The summed E-state index contributed by atoms with van der Waals surface area (Å²) in [5, 5.41) is 23.2. The predicted molar refractivity (Wildman–Crippen MR) is 106 cm³/mol. The number of aliphatic hydroxyl groups excluding tert-OH is 1. The Kier molecular flexibility index (Phi) is 6.26. The number of sulfonamides is 1. The molecule has 0 bridgehead atoms. The van der Waals surface area contributed by atoms with Crippen molar-refractivity contribution < 1.29 is 23.4 Å². The van der Waals surface area contributed by atoms with E-state index in [0.717, 1.165) is 12.8 Å². The van der Waals surface area contributed by atoms with Crippen molar-refractivity contribution in [2.75, 3.05) is 13.1 Å². The lowest BCUT2D eigenvalue weighted by Gasteiger charge is -2.15. The average Bonchev–Trinajstić information content (AvgIpc) is 3.27. The highest BCUT2D eigenvalue weighted by Gasteiger charge is 2.27. The van der Waals surface area contributed by atoms with Gasteiger partial charge in [0.25, 0.3) is 5.91 Å². The van der Waals surface area contributed by atoms with E-state index < -0.39 is 15.9 Å². The van der Waals surface area contributed by atoms with Crippen molar-refractivity contribution in [3.8, 4) is 5.75 Å². The number of hydrazone groups is 1. The van der Waals surface area contributed by atoms with E-state index in [4.69, 9.17) is 0 Å². The van der Waals surface area contributed by atoms with Crippen LogP contribution in [0.5, 0.6) is 5.75 Å². The molecule has 1 aromatic carbocycles. The summed E-state index contributed by atoms with van der Waals surface area (Å²) < 4.78 is 26.7. The number of hydrogen-bond donors (Lipinski definition) is 3. The standard InChI is InChI=1S/C19H22N4O5S/c1-13-18(25)17(15(12-24)10-20-13)11-21-22-19(26)14-5-4-6-16(9-14)29(27,28)23-7-2-3-8-23/h4-6,9-11,24-25H,2-3,7-8,12H2,1H3,(H,22,26)/b21-11+. The maximum absolute atomic E-state index is 12.7. The Morgan fingerprint density at radius 1 is 1.34 bits per heavy atom. The summed E-state index contributed by atoms with van der Waals surface area (Å²) in [4.78, 5) is 16.4. The molecule has 0 atom stereocenters. The highest BCUT2D eigenvalue weighted by Crippen LogP contribution is 2.23. The molecule has 1 amide bonds. The van der Waals surface area contributed by atoms with Gasteiger partial charge in [0.2, 0.25) is 10.0 Å². The summed E-state index contributed by atoms with van der Waals surface area (Å²) in [6, 6.07) is 5.76. The largest absolute Gasteiger partial charge is 0.505 e. The lowest BCUT2D eigenvalue weighted by Crippen LogP contribution is -2.28. The first-order chi connectivity index (χ1) is 13.8. The molecule has 3 rings (SSSR count). The van der Waals surface area contributed by atoms with Gasteiger partial charge in [0.1, 0.15) is 5.75 Å². The van der Waals surface area contributed by atoms with Crippen LogP contribution in [0.25, 0.3) is 0 Å². The van der Waals surface area contributed by atoms with E-state index in [1.807, 2.05) is 0 Å². The van der Waals surface area contributed by atoms with Gasteiger partial charge in [0.15, 0.2) is 0 Å². The highest BCUT2D eigenvalue weighted by atomic mass is 32.2. The molecule has 0 radical (unpaired) electrons.